The van der Waals surface area contributed by atoms with Gasteiger partial charge in [-0.05, 0) is 43.7 Å². The van der Waals surface area contributed by atoms with Crippen molar-refractivity contribution in [3.63, 3.8) is 0 Å². The summed E-state index contributed by atoms with van der Waals surface area (Å²) in [5.74, 6) is 1.70. The molecule has 2 rings (SSSR count). The van der Waals surface area contributed by atoms with Gasteiger partial charge < -0.3 is 0 Å². The fraction of sp³-hybridized carbons (Fsp3) is 0.833. The third-order valence-corrected chi connectivity index (χ3v) is 4.03. The molecule has 1 heterocycles. The maximum atomic E-state index is 6.13. The molecule has 1 saturated carbocycles. The van der Waals surface area contributed by atoms with Gasteiger partial charge in [0.15, 0.2) is 0 Å². The lowest BCUT2D eigenvalue weighted by molar-refractivity contribution is 0.240. The summed E-state index contributed by atoms with van der Waals surface area (Å²) in [6, 6.07) is 0.489. The molecule has 16 heavy (non-hydrogen) atoms. The normalized spacial score (nSPS) is 19.9. The van der Waals surface area contributed by atoms with Crippen molar-refractivity contribution < 1.29 is 0 Å². The Morgan fingerprint density at radius 1 is 1.31 bits per heavy atom. The topological polar surface area (TPSA) is 30.7 Å². The van der Waals surface area contributed by atoms with Gasteiger partial charge >= 0.3 is 0 Å². The van der Waals surface area contributed by atoms with E-state index in [0.717, 1.165) is 18.2 Å². The maximum absolute atomic E-state index is 6.13. The van der Waals surface area contributed by atoms with Gasteiger partial charge in [-0.1, -0.05) is 26.2 Å². The molecule has 4 heteroatoms. The van der Waals surface area contributed by atoms with E-state index in [-0.39, 0.29) is 0 Å². The third-order valence-electron chi connectivity index (χ3n) is 3.77. The van der Waals surface area contributed by atoms with Gasteiger partial charge in [-0.15, -0.1) is 10.2 Å². The first-order valence-electron chi connectivity index (χ1n) is 6.31. The highest BCUT2D eigenvalue weighted by molar-refractivity contribution is 6.28. The van der Waals surface area contributed by atoms with Gasteiger partial charge in [-0.2, -0.15) is 0 Å². The van der Waals surface area contributed by atoms with E-state index in [9.17, 15) is 0 Å². The number of rotatable bonds is 3. The van der Waals surface area contributed by atoms with Crippen LogP contribution in [0.15, 0.2) is 0 Å². The van der Waals surface area contributed by atoms with Crippen molar-refractivity contribution in [2.75, 3.05) is 0 Å². The molecule has 0 aromatic carbocycles. The molecule has 1 aliphatic rings. The second-order valence-corrected chi connectivity index (χ2v) is 5.10. The lowest BCUT2D eigenvalue weighted by Crippen LogP contribution is -2.22. The van der Waals surface area contributed by atoms with Gasteiger partial charge in [-0.25, -0.2) is 0 Å². The molecule has 0 N–H and O–H groups in total. The molecule has 0 amide bonds. The van der Waals surface area contributed by atoms with Gasteiger partial charge in [0.25, 0.3) is 0 Å². The van der Waals surface area contributed by atoms with E-state index in [4.69, 9.17) is 11.6 Å². The third kappa shape index (κ3) is 2.24. The predicted octanol–water partition coefficient (Wildman–Crippen LogP) is 3.77. The lowest BCUT2D eigenvalue weighted by Gasteiger charge is -2.31. The fourth-order valence-electron chi connectivity index (χ4n) is 2.97. The lowest BCUT2D eigenvalue weighted by atomic mass is 9.83. The Balaban J connectivity index is 2.21. The van der Waals surface area contributed by atoms with Crippen molar-refractivity contribution in [2.24, 2.45) is 5.92 Å². The van der Waals surface area contributed by atoms with Crippen molar-refractivity contribution in [1.29, 1.82) is 0 Å². The van der Waals surface area contributed by atoms with Crippen LogP contribution in [-0.4, -0.2) is 14.8 Å². The van der Waals surface area contributed by atoms with Crippen LogP contribution >= 0.6 is 11.6 Å². The molecule has 0 radical (unpaired) electrons. The smallest absolute Gasteiger partial charge is 0.225 e. The second-order valence-electron chi connectivity index (χ2n) is 4.76. The number of nitrogens with zero attached hydrogens (tertiary/aromatic N) is 3. The van der Waals surface area contributed by atoms with Crippen LogP contribution in [0, 0.1) is 12.8 Å². The van der Waals surface area contributed by atoms with Crippen LogP contribution < -0.4 is 0 Å². The SMILES string of the molecule is CCC(C1CCCCC1)n1c(C)nnc1Cl. The molecular formula is C12H20ClN3. The van der Waals surface area contributed by atoms with Crippen molar-refractivity contribution >= 4 is 11.6 Å². The average molecular weight is 242 g/mol. The van der Waals surface area contributed by atoms with E-state index >= 15 is 0 Å². The summed E-state index contributed by atoms with van der Waals surface area (Å²) in [6.07, 6.45) is 7.88. The molecule has 1 atom stereocenters. The van der Waals surface area contributed by atoms with Crippen molar-refractivity contribution in [3.8, 4) is 0 Å². The summed E-state index contributed by atoms with van der Waals surface area (Å²) in [5, 5.41) is 8.57. The first-order chi connectivity index (χ1) is 7.74. The molecule has 0 bridgehead atoms. The zero-order valence-corrected chi connectivity index (χ0v) is 10.9. The van der Waals surface area contributed by atoms with E-state index in [1.54, 1.807) is 0 Å². The molecule has 90 valence electrons. The molecule has 1 aliphatic carbocycles. The minimum Gasteiger partial charge on any atom is -0.299 e. The number of hydrogen-bond acceptors (Lipinski definition) is 2. The summed E-state index contributed by atoms with van der Waals surface area (Å²) >= 11 is 6.13. The molecule has 3 nitrogen and oxygen atoms in total. The summed E-state index contributed by atoms with van der Waals surface area (Å²) in [6.45, 7) is 4.22. The van der Waals surface area contributed by atoms with Gasteiger partial charge in [0.2, 0.25) is 5.28 Å². The van der Waals surface area contributed by atoms with Crippen LogP contribution in [-0.2, 0) is 0 Å². The van der Waals surface area contributed by atoms with Crippen LogP contribution in [0.25, 0.3) is 0 Å². The summed E-state index contributed by atoms with van der Waals surface area (Å²) in [7, 11) is 0. The number of hydrogen-bond donors (Lipinski definition) is 0. The first kappa shape index (κ1) is 11.9. The molecule has 1 aromatic rings. The summed E-state index contributed by atoms with van der Waals surface area (Å²) < 4.78 is 2.12. The molecular weight excluding hydrogens is 222 g/mol. The molecule has 0 aliphatic heterocycles. The first-order valence-corrected chi connectivity index (χ1v) is 6.68. The predicted molar refractivity (Wildman–Crippen MR) is 65.7 cm³/mol. The number of aromatic nitrogens is 3. The highest BCUT2D eigenvalue weighted by atomic mass is 35.5. The van der Waals surface area contributed by atoms with Crippen LogP contribution in [0.2, 0.25) is 5.28 Å². The Morgan fingerprint density at radius 3 is 2.50 bits per heavy atom. The Hall–Kier alpha value is -0.570. The van der Waals surface area contributed by atoms with Gasteiger partial charge in [0.1, 0.15) is 5.82 Å². The fourth-order valence-corrected chi connectivity index (χ4v) is 3.25. The van der Waals surface area contributed by atoms with E-state index in [2.05, 4.69) is 21.7 Å². The van der Waals surface area contributed by atoms with E-state index in [1.165, 1.54) is 32.1 Å². The van der Waals surface area contributed by atoms with Crippen molar-refractivity contribution in [2.45, 2.75) is 58.4 Å². The Labute approximate surface area is 102 Å². The largest absolute Gasteiger partial charge is 0.299 e. The zero-order valence-electron chi connectivity index (χ0n) is 10.1. The van der Waals surface area contributed by atoms with Crippen LogP contribution in [0.5, 0.6) is 0 Å². The molecule has 0 saturated heterocycles. The van der Waals surface area contributed by atoms with Gasteiger partial charge in [0.05, 0.1) is 0 Å². The van der Waals surface area contributed by atoms with Gasteiger partial charge in [-0.3, -0.25) is 4.57 Å². The molecule has 1 fully saturated rings. The zero-order chi connectivity index (χ0) is 11.5. The number of halogens is 1. The monoisotopic (exact) mass is 241 g/mol. The molecule has 1 aromatic heterocycles. The average Bonchev–Trinajstić information content (AvgIpc) is 2.63. The quantitative estimate of drug-likeness (QED) is 0.807. The van der Waals surface area contributed by atoms with E-state index in [1.807, 2.05) is 6.92 Å². The minimum atomic E-state index is 0.489. The highest BCUT2D eigenvalue weighted by Crippen LogP contribution is 2.36. The minimum absolute atomic E-state index is 0.489. The number of aryl methyl sites for hydroxylation is 1. The maximum Gasteiger partial charge on any atom is 0.225 e. The Morgan fingerprint density at radius 2 is 2.00 bits per heavy atom. The second kappa shape index (κ2) is 5.17. The highest BCUT2D eigenvalue weighted by Gasteiger charge is 2.26. The molecule has 1 unspecified atom stereocenters. The van der Waals surface area contributed by atoms with Gasteiger partial charge in [0, 0.05) is 6.04 Å². The van der Waals surface area contributed by atoms with E-state index in [0.29, 0.717) is 11.3 Å². The van der Waals surface area contributed by atoms with Crippen molar-refractivity contribution in [1.82, 2.24) is 14.8 Å². The Bertz CT molecular complexity index is 323. The van der Waals surface area contributed by atoms with Crippen molar-refractivity contribution in [3.05, 3.63) is 11.1 Å². The Kier molecular flexibility index (Phi) is 3.85. The molecule has 0 spiro atoms. The summed E-state index contributed by atoms with van der Waals surface area (Å²) in [5.41, 5.74) is 0. The van der Waals surface area contributed by atoms with Crippen LogP contribution in [0.4, 0.5) is 0 Å². The summed E-state index contributed by atoms with van der Waals surface area (Å²) in [4.78, 5) is 0. The van der Waals surface area contributed by atoms with Crippen LogP contribution in [0.3, 0.4) is 0 Å². The standard InChI is InChI=1S/C12H20ClN3/c1-3-11(10-7-5-4-6-8-10)16-9(2)14-15-12(16)13/h10-11H,3-8H2,1-2H3. The van der Waals surface area contributed by atoms with Crippen LogP contribution in [0.1, 0.15) is 57.3 Å². The van der Waals surface area contributed by atoms with E-state index < -0.39 is 0 Å².